The van der Waals surface area contributed by atoms with Crippen LogP contribution in [0.5, 0.6) is 0 Å². The van der Waals surface area contributed by atoms with Crippen LogP contribution in [0, 0.1) is 5.82 Å². The molecule has 0 aliphatic carbocycles. The fourth-order valence-electron chi connectivity index (χ4n) is 1.82. The number of benzene rings is 1. The Kier molecular flexibility index (Phi) is 5.76. The molecule has 19 heavy (non-hydrogen) atoms. The monoisotopic (exact) mass is 267 g/mol. The Balaban J connectivity index is 2.66. The van der Waals surface area contributed by atoms with Crippen molar-refractivity contribution in [1.29, 1.82) is 0 Å². The Morgan fingerprint density at radius 1 is 1.47 bits per heavy atom. The summed E-state index contributed by atoms with van der Waals surface area (Å²) in [7, 11) is 0. The van der Waals surface area contributed by atoms with Crippen molar-refractivity contribution in [3.63, 3.8) is 0 Å². The van der Waals surface area contributed by atoms with Gasteiger partial charge in [-0.25, -0.2) is 4.39 Å². The van der Waals surface area contributed by atoms with E-state index in [9.17, 15) is 9.18 Å². The number of hydrogen-bond acceptors (Lipinski definition) is 3. The van der Waals surface area contributed by atoms with Crippen LogP contribution in [0.3, 0.4) is 0 Å². The Morgan fingerprint density at radius 3 is 2.74 bits per heavy atom. The molecular weight excluding hydrogens is 245 g/mol. The van der Waals surface area contributed by atoms with Gasteiger partial charge in [0.25, 0.3) is 0 Å². The number of nitrogens with zero attached hydrogens (tertiary/aromatic N) is 1. The van der Waals surface area contributed by atoms with Crippen molar-refractivity contribution < 1.29 is 9.18 Å². The molecule has 0 aliphatic rings. The molecule has 0 radical (unpaired) electrons. The Bertz CT molecular complexity index is 435. The molecule has 0 unspecified atom stereocenters. The Hall–Kier alpha value is -1.62. The minimum absolute atomic E-state index is 0.181. The van der Waals surface area contributed by atoms with Gasteiger partial charge in [0.1, 0.15) is 5.82 Å². The number of carbonyl (C=O) groups is 1. The van der Waals surface area contributed by atoms with Gasteiger partial charge in [0.05, 0.1) is 17.9 Å². The maximum absolute atomic E-state index is 13.1. The lowest BCUT2D eigenvalue weighted by Crippen LogP contribution is -2.38. The van der Waals surface area contributed by atoms with Crippen molar-refractivity contribution in [1.82, 2.24) is 4.90 Å². The number of carbonyl (C=O) groups excluding carboxylic acids is 1. The Labute approximate surface area is 113 Å². The molecule has 0 atom stereocenters. The van der Waals surface area contributed by atoms with Crippen LogP contribution >= 0.6 is 0 Å². The summed E-state index contributed by atoms with van der Waals surface area (Å²) in [5, 5.41) is 2.65. The van der Waals surface area contributed by atoms with Gasteiger partial charge in [0.2, 0.25) is 5.91 Å². The van der Waals surface area contributed by atoms with Crippen molar-refractivity contribution in [2.75, 3.05) is 24.1 Å². The molecule has 0 aromatic heterocycles. The second-order valence-corrected chi connectivity index (χ2v) is 4.84. The predicted molar refractivity (Wildman–Crippen MR) is 76.4 cm³/mol. The van der Waals surface area contributed by atoms with E-state index in [1.54, 1.807) is 0 Å². The molecule has 1 rings (SSSR count). The summed E-state index contributed by atoms with van der Waals surface area (Å²) < 4.78 is 13.1. The second kappa shape index (κ2) is 7.09. The van der Waals surface area contributed by atoms with E-state index in [-0.39, 0.29) is 18.5 Å². The maximum atomic E-state index is 13.1. The highest BCUT2D eigenvalue weighted by molar-refractivity contribution is 5.95. The van der Waals surface area contributed by atoms with Crippen LogP contribution < -0.4 is 11.1 Å². The fourth-order valence-corrected chi connectivity index (χ4v) is 1.82. The van der Waals surface area contributed by atoms with E-state index in [4.69, 9.17) is 5.73 Å². The average molecular weight is 267 g/mol. The molecule has 4 nitrogen and oxygen atoms in total. The first-order chi connectivity index (χ1) is 8.93. The first kappa shape index (κ1) is 15.4. The lowest BCUT2D eigenvalue weighted by Gasteiger charge is -2.25. The van der Waals surface area contributed by atoms with Crippen molar-refractivity contribution in [3.8, 4) is 0 Å². The van der Waals surface area contributed by atoms with Crippen LogP contribution in [0.15, 0.2) is 18.2 Å². The first-order valence-corrected chi connectivity index (χ1v) is 6.53. The largest absolute Gasteiger partial charge is 0.397 e. The maximum Gasteiger partial charge on any atom is 0.238 e. The summed E-state index contributed by atoms with van der Waals surface area (Å²) in [5.74, 6) is -0.599. The van der Waals surface area contributed by atoms with Crippen LogP contribution in [0.25, 0.3) is 0 Å². The van der Waals surface area contributed by atoms with E-state index < -0.39 is 5.82 Å². The quantitative estimate of drug-likeness (QED) is 0.778. The smallest absolute Gasteiger partial charge is 0.238 e. The van der Waals surface area contributed by atoms with E-state index in [0.717, 1.165) is 13.0 Å². The van der Waals surface area contributed by atoms with E-state index >= 15 is 0 Å². The van der Waals surface area contributed by atoms with E-state index in [2.05, 4.69) is 17.1 Å². The average Bonchev–Trinajstić information content (AvgIpc) is 2.33. The fraction of sp³-hybridized carbons (Fsp3) is 0.500. The zero-order valence-electron chi connectivity index (χ0n) is 11.7. The molecular formula is C14H22FN3O. The number of anilines is 2. The number of halogens is 1. The molecule has 5 heteroatoms. The zero-order chi connectivity index (χ0) is 14.4. The third-order valence-corrected chi connectivity index (χ3v) is 2.88. The summed E-state index contributed by atoms with van der Waals surface area (Å²) in [6.07, 6.45) is 0.980. The van der Waals surface area contributed by atoms with Gasteiger partial charge >= 0.3 is 0 Å². The van der Waals surface area contributed by atoms with Crippen molar-refractivity contribution in [3.05, 3.63) is 24.0 Å². The lowest BCUT2D eigenvalue weighted by atomic mass is 10.2. The standard InChI is InChI=1S/C14H22FN3O/c1-4-7-18(10(2)3)9-14(19)17-13-8-11(15)5-6-12(13)16/h5-6,8,10H,4,7,9,16H2,1-3H3,(H,17,19). The third kappa shape index (κ3) is 4.87. The van der Waals surface area contributed by atoms with E-state index in [1.165, 1.54) is 18.2 Å². The third-order valence-electron chi connectivity index (χ3n) is 2.88. The molecule has 0 bridgehead atoms. The highest BCUT2D eigenvalue weighted by Gasteiger charge is 2.14. The van der Waals surface area contributed by atoms with Gasteiger partial charge in [0.15, 0.2) is 0 Å². The minimum atomic E-state index is -0.418. The molecule has 106 valence electrons. The van der Waals surface area contributed by atoms with Gasteiger partial charge in [-0.15, -0.1) is 0 Å². The second-order valence-electron chi connectivity index (χ2n) is 4.84. The molecule has 0 saturated heterocycles. The van der Waals surface area contributed by atoms with Gasteiger partial charge in [-0.05, 0) is 45.0 Å². The van der Waals surface area contributed by atoms with E-state index in [1.807, 2.05) is 13.8 Å². The molecule has 0 saturated carbocycles. The minimum Gasteiger partial charge on any atom is -0.397 e. The van der Waals surface area contributed by atoms with Gasteiger partial charge in [0, 0.05) is 6.04 Å². The normalized spacial score (nSPS) is 11.1. The molecule has 0 fully saturated rings. The van der Waals surface area contributed by atoms with Gasteiger partial charge < -0.3 is 11.1 Å². The number of hydrogen-bond donors (Lipinski definition) is 2. The molecule has 1 aromatic carbocycles. The number of nitrogens with one attached hydrogen (secondary N) is 1. The van der Waals surface area contributed by atoms with Crippen molar-refractivity contribution in [2.45, 2.75) is 33.2 Å². The zero-order valence-corrected chi connectivity index (χ0v) is 11.7. The highest BCUT2D eigenvalue weighted by atomic mass is 19.1. The summed E-state index contributed by atoms with van der Waals surface area (Å²) in [6, 6.07) is 4.22. The summed E-state index contributed by atoms with van der Waals surface area (Å²) >= 11 is 0. The molecule has 0 spiro atoms. The summed E-state index contributed by atoms with van der Waals surface area (Å²) in [4.78, 5) is 14.0. The molecule has 1 aromatic rings. The summed E-state index contributed by atoms with van der Waals surface area (Å²) in [6.45, 7) is 7.28. The van der Waals surface area contributed by atoms with Gasteiger partial charge in [-0.3, -0.25) is 9.69 Å². The van der Waals surface area contributed by atoms with E-state index in [0.29, 0.717) is 11.4 Å². The SMILES string of the molecule is CCCN(CC(=O)Nc1cc(F)ccc1N)C(C)C. The Morgan fingerprint density at radius 2 is 2.16 bits per heavy atom. The topological polar surface area (TPSA) is 58.4 Å². The van der Waals surface area contributed by atoms with Crippen LogP contribution in [-0.2, 0) is 4.79 Å². The highest BCUT2D eigenvalue weighted by Crippen LogP contribution is 2.19. The number of rotatable bonds is 6. The van der Waals surface area contributed by atoms with Gasteiger partial charge in [-0.2, -0.15) is 0 Å². The van der Waals surface area contributed by atoms with Crippen molar-refractivity contribution in [2.24, 2.45) is 0 Å². The van der Waals surface area contributed by atoms with Gasteiger partial charge in [-0.1, -0.05) is 6.92 Å². The molecule has 0 heterocycles. The lowest BCUT2D eigenvalue weighted by molar-refractivity contribution is -0.117. The van der Waals surface area contributed by atoms with Crippen molar-refractivity contribution >= 4 is 17.3 Å². The summed E-state index contributed by atoms with van der Waals surface area (Å²) in [5.41, 5.74) is 6.38. The number of nitrogens with two attached hydrogens (primary N) is 1. The molecule has 1 amide bonds. The molecule has 0 aliphatic heterocycles. The van der Waals surface area contributed by atoms with Crippen LogP contribution in [0.1, 0.15) is 27.2 Å². The first-order valence-electron chi connectivity index (χ1n) is 6.53. The number of amides is 1. The van der Waals surface area contributed by atoms with Crippen LogP contribution in [-0.4, -0.2) is 29.9 Å². The molecule has 3 N–H and O–H groups in total. The van der Waals surface area contributed by atoms with Crippen LogP contribution in [0.4, 0.5) is 15.8 Å². The number of nitrogen functional groups attached to an aromatic ring is 1. The van der Waals surface area contributed by atoms with Crippen LogP contribution in [0.2, 0.25) is 0 Å². The predicted octanol–water partition coefficient (Wildman–Crippen LogP) is 2.47.